The minimum absolute atomic E-state index is 0.00387. The Morgan fingerprint density at radius 3 is 2.28 bits per heavy atom. The van der Waals surface area contributed by atoms with E-state index < -0.39 is 30.3 Å². The Hall–Kier alpha value is -3.23. The van der Waals surface area contributed by atoms with Crippen molar-refractivity contribution in [3.05, 3.63) is 98.5 Å². The fourth-order valence-electron chi connectivity index (χ4n) is 3.65. The summed E-state index contributed by atoms with van der Waals surface area (Å²) in [5.74, 6) is -1.93. The summed E-state index contributed by atoms with van der Waals surface area (Å²) in [6.07, 6.45) is 0.00387. The van der Waals surface area contributed by atoms with Crippen LogP contribution in [0.1, 0.15) is 32.7 Å². The number of benzene rings is 3. The quantitative estimate of drug-likeness (QED) is 0.240. The summed E-state index contributed by atoms with van der Waals surface area (Å²) in [7, 11) is 0. The zero-order valence-corrected chi connectivity index (χ0v) is 20.9. The van der Waals surface area contributed by atoms with Gasteiger partial charge in [0.1, 0.15) is 0 Å². The highest BCUT2D eigenvalue weighted by molar-refractivity contribution is 6.42. The van der Waals surface area contributed by atoms with Crippen molar-refractivity contribution in [2.24, 2.45) is 0 Å². The molecule has 4 rings (SSSR count). The third-order valence-corrected chi connectivity index (χ3v) is 6.69. The molecule has 7 nitrogen and oxygen atoms in total. The van der Waals surface area contributed by atoms with Gasteiger partial charge in [-0.2, -0.15) is 0 Å². The number of Topliss-reactive ketones (excluding diaryl/α,β-unsaturated/α-hetero) is 1. The normalized spacial score (nSPS) is 15.3. The van der Waals surface area contributed by atoms with Crippen molar-refractivity contribution in [3.63, 3.8) is 0 Å². The van der Waals surface area contributed by atoms with Gasteiger partial charge in [-0.05, 0) is 54.1 Å². The average Bonchev–Trinajstić information content (AvgIpc) is 3.16. The van der Waals surface area contributed by atoms with Crippen LogP contribution >= 0.6 is 34.8 Å². The largest absolute Gasteiger partial charge is 0.454 e. The second kappa shape index (κ2) is 11.2. The van der Waals surface area contributed by atoms with Crippen LogP contribution in [0.3, 0.4) is 0 Å². The van der Waals surface area contributed by atoms with E-state index in [1.807, 2.05) is 18.2 Å². The minimum atomic E-state index is -0.728. The van der Waals surface area contributed by atoms with Crippen molar-refractivity contribution in [1.82, 2.24) is 5.32 Å². The molecule has 10 heteroatoms. The molecule has 1 N–H and O–H groups in total. The highest BCUT2D eigenvalue weighted by atomic mass is 35.5. The SMILES string of the molecule is O=C(COC(=O)c1ccc(N2C(=O)CC(NCc3ccccc3Cl)C2=O)cc1)c1ccc(Cl)c(Cl)c1. The molecular weight excluding hydrogens is 527 g/mol. The molecule has 3 aromatic rings. The minimum Gasteiger partial charge on any atom is -0.454 e. The van der Waals surface area contributed by atoms with Gasteiger partial charge in [-0.25, -0.2) is 9.69 Å². The highest BCUT2D eigenvalue weighted by Gasteiger charge is 2.39. The monoisotopic (exact) mass is 544 g/mol. The van der Waals surface area contributed by atoms with Gasteiger partial charge in [0.05, 0.1) is 33.8 Å². The van der Waals surface area contributed by atoms with Gasteiger partial charge in [0.25, 0.3) is 5.91 Å². The maximum absolute atomic E-state index is 12.9. The van der Waals surface area contributed by atoms with Gasteiger partial charge in [0.2, 0.25) is 5.91 Å². The lowest BCUT2D eigenvalue weighted by atomic mass is 10.1. The second-order valence-corrected chi connectivity index (χ2v) is 9.19. The molecule has 0 spiro atoms. The summed E-state index contributed by atoms with van der Waals surface area (Å²) < 4.78 is 5.09. The van der Waals surface area contributed by atoms with E-state index in [0.717, 1.165) is 10.5 Å². The van der Waals surface area contributed by atoms with Crippen LogP contribution in [0.15, 0.2) is 66.7 Å². The number of imide groups is 1. The van der Waals surface area contributed by atoms with Crippen molar-refractivity contribution < 1.29 is 23.9 Å². The van der Waals surface area contributed by atoms with Gasteiger partial charge in [-0.1, -0.05) is 53.0 Å². The topological polar surface area (TPSA) is 92.8 Å². The van der Waals surface area contributed by atoms with Crippen molar-refractivity contribution in [1.29, 1.82) is 0 Å². The van der Waals surface area contributed by atoms with Crippen LogP contribution in [-0.2, 0) is 20.9 Å². The molecule has 0 radical (unpaired) electrons. The molecule has 1 saturated heterocycles. The molecule has 3 aromatic carbocycles. The second-order valence-electron chi connectivity index (χ2n) is 7.97. The van der Waals surface area contributed by atoms with Gasteiger partial charge in [0.15, 0.2) is 12.4 Å². The van der Waals surface area contributed by atoms with Crippen LogP contribution in [0.2, 0.25) is 15.1 Å². The highest BCUT2D eigenvalue weighted by Crippen LogP contribution is 2.25. The fourth-order valence-corrected chi connectivity index (χ4v) is 4.15. The molecule has 0 aliphatic carbocycles. The summed E-state index contributed by atoms with van der Waals surface area (Å²) >= 11 is 17.9. The Balaban J connectivity index is 1.35. The third-order valence-electron chi connectivity index (χ3n) is 5.58. The number of ether oxygens (including phenoxy) is 1. The average molecular weight is 546 g/mol. The number of halogens is 3. The molecule has 1 unspecified atom stereocenters. The third kappa shape index (κ3) is 5.77. The van der Waals surface area contributed by atoms with E-state index in [1.54, 1.807) is 6.07 Å². The first-order valence-electron chi connectivity index (χ1n) is 10.8. The molecule has 0 saturated carbocycles. The Morgan fingerprint density at radius 2 is 1.58 bits per heavy atom. The van der Waals surface area contributed by atoms with Crippen LogP contribution in [0.5, 0.6) is 0 Å². The van der Waals surface area contributed by atoms with E-state index in [2.05, 4.69) is 5.32 Å². The zero-order chi connectivity index (χ0) is 25.8. The van der Waals surface area contributed by atoms with Gasteiger partial charge >= 0.3 is 5.97 Å². The molecule has 0 bridgehead atoms. The van der Waals surface area contributed by atoms with Gasteiger partial charge in [0, 0.05) is 17.1 Å². The van der Waals surface area contributed by atoms with Gasteiger partial charge in [-0.3, -0.25) is 14.4 Å². The van der Waals surface area contributed by atoms with Crippen LogP contribution in [0.25, 0.3) is 0 Å². The lowest BCUT2D eigenvalue weighted by molar-refractivity contribution is -0.121. The van der Waals surface area contributed by atoms with E-state index in [0.29, 0.717) is 22.3 Å². The Morgan fingerprint density at radius 1 is 0.889 bits per heavy atom. The fraction of sp³-hybridized carbons (Fsp3) is 0.154. The van der Waals surface area contributed by atoms with Crippen LogP contribution in [0, 0.1) is 0 Å². The molecular formula is C26H19Cl3N2O5. The van der Waals surface area contributed by atoms with E-state index in [-0.39, 0.29) is 28.5 Å². The summed E-state index contributed by atoms with van der Waals surface area (Å²) in [5, 5.41) is 4.17. The lowest BCUT2D eigenvalue weighted by Gasteiger charge is -2.16. The Bertz CT molecular complexity index is 1340. The van der Waals surface area contributed by atoms with Crippen LogP contribution in [-0.4, -0.2) is 36.2 Å². The first-order valence-corrected chi connectivity index (χ1v) is 12.0. The number of nitrogens with zero attached hydrogens (tertiary/aromatic N) is 1. The van der Waals surface area contributed by atoms with Crippen LogP contribution < -0.4 is 10.2 Å². The summed E-state index contributed by atoms with van der Waals surface area (Å²) in [6.45, 7) is -0.149. The number of rotatable bonds is 8. The molecule has 36 heavy (non-hydrogen) atoms. The molecule has 1 atom stereocenters. The number of nitrogens with one attached hydrogen (secondary N) is 1. The summed E-state index contributed by atoms with van der Waals surface area (Å²) in [4.78, 5) is 51.1. The lowest BCUT2D eigenvalue weighted by Crippen LogP contribution is -2.38. The van der Waals surface area contributed by atoms with Crippen LogP contribution in [0.4, 0.5) is 5.69 Å². The molecule has 2 amide bonds. The maximum Gasteiger partial charge on any atom is 0.338 e. The molecule has 184 valence electrons. The predicted molar refractivity (Wildman–Crippen MR) is 137 cm³/mol. The predicted octanol–water partition coefficient (Wildman–Crippen LogP) is 5.11. The van der Waals surface area contributed by atoms with Crippen molar-refractivity contribution >= 4 is 64.1 Å². The molecule has 1 aliphatic heterocycles. The van der Waals surface area contributed by atoms with E-state index in [4.69, 9.17) is 39.5 Å². The smallest absolute Gasteiger partial charge is 0.338 e. The van der Waals surface area contributed by atoms with Gasteiger partial charge in [-0.15, -0.1) is 0 Å². The summed E-state index contributed by atoms with van der Waals surface area (Å²) in [6, 6.07) is 16.7. The molecule has 1 heterocycles. The number of hydrogen-bond acceptors (Lipinski definition) is 6. The maximum atomic E-state index is 12.9. The Labute approximate surface area is 221 Å². The number of anilines is 1. The standard InChI is InChI=1S/C26H19Cl3N2O5/c27-19-4-2-1-3-17(19)13-30-22-12-24(33)31(25(22)34)18-8-5-15(6-9-18)26(35)36-14-23(32)16-7-10-20(28)21(29)11-16/h1-11,22,30H,12-14H2. The number of esters is 1. The van der Waals surface area contributed by atoms with Gasteiger partial charge < -0.3 is 10.1 Å². The van der Waals surface area contributed by atoms with E-state index in [9.17, 15) is 19.2 Å². The van der Waals surface area contributed by atoms with Crippen molar-refractivity contribution in [3.8, 4) is 0 Å². The number of amides is 2. The van der Waals surface area contributed by atoms with Crippen molar-refractivity contribution in [2.75, 3.05) is 11.5 Å². The molecule has 1 fully saturated rings. The van der Waals surface area contributed by atoms with Crippen molar-refractivity contribution in [2.45, 2.75) is 19.0 Å². The number of hydrogen-bond donors (Lipinski definition) is 1. The zero-order valence-electron chi connectivity index (χ0n) is 18.7. The summed E-state index contributed by atoms with van der Waals surface area (Å²) in [5.41, 5.74) is 1.57. The first kappa shape index (κ1) is 25.9. The number of carbonyl (C=O) groups is 4. The molecule has 1 aliphatic rings. The molecule has 0 aromatic heterocycles. The number of carbonyl (C=O) groups excluding carboxylic acids is 4. The van der Waals surface area contributed by atoms with E-state index >= 15 is 0 Å². The van der Waals surface area contributed by atoms with E-state index in [1.165, 1.54) is 42.5 Å². The number of ketones is 1. The Kier molecular flexibility index (Phi) is 8.06. The first-order chi connectivity index (χ1) is 17.2.